The maximum atomic E-state index is 6.61. The van der Waals surface area contributed by atoms with E-state index in [4.69, 9.17) is 28.2 Å². The van der Waals surface area contributed by atoms with E-state index in [0.717, 1.165) is 45.2 Å². The Labute approximate surface area is 139 Å². The molecule has 0 aliphatic carbocycles. The Morgan fingerprint density at radius 1 is 1.09 bits per heavy atom. The molecule has 5 heteroatoms. The van der Waals surface area contributed by atoms with Gasteiger partial charge in [-0.3, -0.25) is 0 Å². The number of rotatable bonds is 3. The topological polar surface area (TPSA) is 30.2 Å². The van der Waals surface area contributed by atoms with Crippen molar-refractivity contribution in [2.75, 3.05) is 0 Å². The van der Waals surface area contributed by atoms with Gasteiger partial charge in [0.25, 0.3) is 0 Å². The molecule has 0 spiro atoms. The second kappa shape index (κ2) is 5.90. The van der Waals surface area contributed by atoms with Crippen molar-refractivity contribution < 1.29 is 0 Å². The Kier molecular flexibility index (Phi) is 4.11. The summed E-state index contributed by atoms with van der Waals surface area (Å²) in [6, 6.07) is 7.80. The molecule has 114 valence electrons. The largest absolute Gasteiger partial charge is 0.233 e. The van der Waals surface area contributed by atoms with Gasteiger partial charge in [-0.25, -0.2) is 9.50 Å². The molecule has 0 saturated heterocycles. The third-order valence-corrected chi connectivity index (χ3v) is 4.55. The summed E-state index contributed by atoms with van der Waals surface area (Å²) in [5.41, 5.74) is 6.03. The summed E-state index contributed by atoms with van der Waals surface area (Å²) >= 11 is 12.7. The van der Waals surface area contributed by atoms with Gasteiger partial charge in [-0.15, -0.1) is 0 Å². The fraction of sp³-hybridized carbons (Fsp3) is 0.294. The van der Waals surface area contributed by atoms with Crippen molar-refractivity contribution in [3.8, 4) is 0 Å². The Bertz CT molecular complexity index is 853. The molecule has 0 amide bonds. The van der Waals surface area contributed by atoms with E-state index >= 15 is 0 Å². The lowest BCUT2D eigenvalue weighted by Gasteiger charge is -2.10. The Balaban J connectivity index is 2.14. The summed E-state index contributed by atoms with van der Waals surface area (Å²) in [6.45, 7) is 6.10. The molecule has 0 bridgehead atoms. The van der Waals surface area contributed by atoms with E-state index in [-0.39, 0.29) is 0 Å². The molecular formula is C17H17Cl2N3. The predicted octanol–water partition coefficient (Wildman–Crippen LogP) is 4.81. The molecule has 3 aromatic rings. The Morgan fingerprint density at radius 3 is 2.55 bits per heavy atom. The highest BCUT2D eigenvalue weighted by molar-refractivity contribution is 6.31. The van der Waals surface area contributed by atoms with Crippen molar-refractivity contribution in [3.63, 3.8) is 0 Å². The van der Waals surface area contributed by atoms with Crippen molar-refractivity contribution in [1.82, 2.24) is 14.6 Å². The van der Waals surface area contributed by atoms with Crippen LogP contribution < -0.4 is 0 Å². The first-order valence-electron chi connectivity index (χ1n) is 7.29. The van der Waals surface area contributed by atoms with E-state index in [2.05, 4.69) is 12.0 Å². The minimum atomic E-state index is 0.630. The maximum Gasteiger partial charge on any atom is 0.160 e. The summed E-state index contributed by atoms with van der Waals surface area (Å²) in [4.78, 5) is 4.73. The van der Waals surface area contributed by atoms with Crippen LogP contribution in [0, 0.1) is 13.8 Å². The molecular weight excluding hydrogens is 317 g/mol. The third-order valence-electron chi connectivity index (χ3n) is 3.93. The number of aryl methyl sites for hydroxylation is 3. The zero-order valence-corrected chi connectivity index (χ0v) is 14.3. The van der Waals surface area contributed by atoms with E-state index in [1.54, 1.807) is 4.52 Å². The first-order chi connectivity index (χ1) is 10.5. The summed E-state index contributed by atoms with van der Waals surface area (Å²) in [5.74, 6) is 0. The smallest absolute Gasteiger partial charge is 0.160 e. The monoisotopic (exact) mass is 333 g/mol. The lowest BCUT2D eigenvalue weighted by molar-refractivity contribution is 0.887. The minimum Gasteiger partial charge on any atom is -0.233 e. The van der Waals surface area contributed by atoms with E-state index < -0.39 is 0 Å². The van der Waals surface area contributed by atoms with Gasteiger partial charge in [0.05, 0.1) is 5.69 Å². The van der Waals surface area contributed by atoms with Crippen LogP contribution in [0.3, 0.4) is 0 Å². The quantitative estimate of drug-likeness (QED) is 0.644. The third kappa shape index (κ3) is 2.59. The predicted molar refractivity (Wildman–Crippen MR) is 91.1 cm³/mol. The van der Waals surface area contributed by atoms with E-state index in [1.807, 2.05) is 38.1 Å². The zero-order chi connectivity index (χ0) is 15.9. The van der Waals surface area contributed by atoms with Crippen LogP contribution in [-0.2, 0) is 12.8 Å². The zero-order valence-electron chi connectivity index (χ0n) is 12.8. The average molecular weight is 334 g/mol. The highest BCUT2D eigenvalue weighted by Gasteiger charge is 2.17. The average Bonchev–Trinajstić information content (AvgIpc) is 2.79. The normalized spacial score (nSPS) is 11.3. The molecule has 0 radical (unpaired) electrons. The van der Waals surface area contributed by atoms with Crippen LogP contribution in [0.25, 0.3) is 5.65 Å². The van der Waals surface area contributed by atoms with Crippen molar-refractivity contribution >= 4 is 28.8 Å². The molecule has 2 heterocycles. The molecule has 0 fully saturated rings. The molecule has 22 heavy (non-hydrogen) atoms. The molecule has 0 saturated carbocycles. The van der Waals surface area contributed by atoms with Crippen LogP contribution in [0.4, 0.5) is 0 Å². The molecule has 0 unspecified atom stereocenters. The van der Waals surface area contributed by atoms with Crippen LogP contribution in [-0.4, -0.2) is 14.6 Å². The SMILES string of the molecule is CCc1c(C)nn2c(Cl)c(Cc3cccc(Cl)c3)c(C)nc12. The van der Waals surface area contributed by atoms with Crippen LogP contribution in [0.5, 0.6) is 0 Å². The molecule has 0 atom stereocenters. The minimum absolute atomic E-state index is 0.630. The van der Waals surface area contributed by atoms with Crippen molar-refractivity contribution in [2.45, 2.75) is 33.6 Å². The second-order valence-electron chi connectivity index (χ2n) is 5.43. The highest BCUT2D eigenvalue weighted by atomic mass is 35.5. The van der Waals surface area contributed by atoms with Crippen molar-refractivity contribution in [2.24, 2.45) is 0 Å². The van der Waals surface area contributed by atoms with Crippen LogP contribution >= 0.6 is 23.2 Å². The van der Waals surface area contributed by atoms with E-state index in [0.29, 0.717) is 11.6 Å². The molecule has 0 N–H and O–H groups in total. The summed E-state index contributed by atoms with van der Waals surface area (Å²) in [7, 11) is 0. The lowest BCUT2D eigenvalue weighted by Crippen LogP contribution is -2.04. The lowest BCUT2D eigenvalue weighted by atomic mass is 10.1. The standard InChI is InChI=1S/C17H17Cl2N3/c1-4-14-11(3)21-22-16(19)15(10(2)20-17(14)22)9-12-6-5-7-13(18)8-12/h5-8H,4,9H2,1-3H3. The highest BCUT2D eigenvalue weighted by Crippen LogP contribution is 2.26. The summed E-state index contributed by atoms with van der Waals surface area (Å²) in [6.07, 6.45) is 1.58. The van der Waals surface area contributed by atoms with Crippen LogP contribution in [0.15, 0.2) is 24.3 Å². The number of hydrogen-bond acceptors (Lipinski definition) is 2. The number of benzene rings is 1. The molecule has 3 nitrogen and oxygen atoms in total. The molecule has 2 aromatic heterocycles. The number of halogens is 2. The number of aromatic nitrogens is 3. The number of nitrogens with zero attached hydrogens (tertiary/aromatic N) is 3. The molecule has 1 aromatic carbocycles. The van der Waals surface area contributed by atoms with Gasteiger partial charge < -0.3 is 0 Å². The fourth-order valence-electron chi connectivity index (χ4n) is 2.77. The second-order valence-corrected chi connectivity index (χ2v) is 6.22. The van der Waals surface area contributed by atoms with Crippen molar-refractivity contribution in [3.05, 3.63) is 62.5 Å². The van der Waals surface area contributed by atoms with Gasteiger partial charge in [0.15, 0.2) is 5.65 Å². The van der Waals surface area contributed by atoms with E-state index in [9.17, 15) is 0 Å². The van der Waals surface area contributed by atoms with Gasteiger partial charge in [-0.1, -0.05) is 42.3 Å². The van der Waals surface area contributed by atoms with Gasteiger partial charge in [0.1, 0.15) is 5.15 Å². The Morgan fingerprint density at radius 2 is 1.86 bits per heavy atom. The first kappa shape index (κ1) is 15.3. The maximum absolute atomic E-state index is 6.61. The van der Waals surface area contributed by atoms with Gasteiger partial charge in [-0.2, -0.15) is 5.10 Å². The first-order valence-corrected chi connectivity index (χ1v) is 8.04. The Hall–Kier alpha value is -1.58. The van der Waals surface area contributed by atoms with Gasteiger partial charge in [0, 0.05) is 28.3 Å². The van der Waals surface area contributed by atoms with Crippen LogP contribution in [0.2, 0.25) is 10.2 Å². The molecule has 0 aliphatic heterocycles. The van der Waals surface area contributed by atoms with Crippen LogP contribution in [0.1, 0.15) is 35.0 Å². The number of hydrogen-bond donors (Lipinski definition) is 0. The molecule has 0 aliphatic rings. The van der Waals surface area contributed by atoms with Gasteiger partial charge >= 0.3 is 0 Å². The van der Waals surface area contributed by atoms with Gasteiger partial charge in [-0.05, 0) is 38.0 Å². The van der Waals surface area contributed by atoms with Gasteiger partial charge in [0.2, 0.25) is 0 Å². The fourth-order valence-corrected chi connectivity index (χ4v) is 3.30. The number of fused-ring (bicyclic) bond motifs is 1. The summed E-state index contributed by atoms with van der Waals surface area (Å²) < 4.78 is 1.75. The summed E-state index contributed by atoms with van der Waals surface area (Å²) in [5, 5.41) is 5.90. The molecule has 3 rings (SSSR count). The van der Waals surface area contributed by atoms with E-state index in [1.165, 1.54) is 0 Å². The van der Waals surface area contributed by atoms with Crippen molar-refractivity contribution in [1.29, 1.82) is 0 Å².